The minimum Gasteiger partial charge on any atom is -0.337 e. The second-order valence-corrected chi connectivity index (χ2v) is 8.67. The zero-order valence-electron chi connectivity index (χ0n) is 15.7. The van der Waals surface area contributed by atoms with Crippen LogP contribution in [0.15, 0.2) is 75.4 Å². The van der Waals surface area contributed by atoms with Gasteiger partial charge in [0.25, 0.3) is 5.91 Å². The molecule has 1 aliphatic heterocycles. The molecule has 2 aromatic heterocycles. The molecule has 28 heavy (non-hydrogen) atoms. The summed E-state index contributed by atoms with van der Waals surface area (Å²) in [5, 5.41) is 5.10. The summed E-state index contributed by atoms with van der Waals surface area (Å²) >= 11 is 3.29. The van der Waals surface area contributed by atoms with Gasteiger partial charge in [0.1, 0.15) is 5.03 Å². The van der Waals surface area contributed by atoms with Crippen LogP contribution in [0.5, 0.6) is 0 Å². The summed E-state index contributed by atoms with van der Waals surface area (Å²) in [7, 11) is 0. The van der Waals surface area contributed by atoms with E-state index in [4.69, 9.17) is 0 Å². The SMILES string of the molecule is O=C(c1cccnc1Sc1ccccc1)N1CCCN(Cc2ccsc2)CC1. The highest BCUT2D eigenvalue weighted by atomic mass is 32.2. The Morgan fingerprint density at radius 1 is 1.04 bits per heavy atom. The summed E-state index contributed by atoms with van der Waals surface area (Å²) in [5.41, 5.74) is 2.06. The second-order valence-electron chi connectivity index (χ2n) is 6.82. The Hall–Kier alpha value is -2.15. The van der Waals surface area contributed by atoms with Crippen LogP contribution >= 0.6 is 23.1 Å². The lowest BCUT2D eigenvalue weighted by Crippen LogP contribution is -2.35. The standard InChI is InChI=1S/C22H23N3OS2/c26-22(20-8-4-10-23-21(20)28-19-6-2-1-3-7-19)25-12-5-11-24(13-14-25)16-18-9-15-27-17-18/h1-4,6-10,15,17H,5,11-14,16H2. The first-order chi connectivity index (χ1) is 13.8. The molecule has 1 saturated heterocycles. The lowest BCUT2D eigenvalue weighted by atomic mass is 10.2. The molecule has 0 aliphatic carbocycles. The van der Waals surface area contributed by atoms with E-state index in [1.54, 1.807) is 29.3 Å². The van der Waals surface area contributed by atoms with Crippen LogP contribution in [-0.4, -0.2) is 46.9 Å². The number of hydrogen-bond donors (Lipinski definition) is 0. The fraction of sp³-hybridized carbons (Fsp3) is 0.273. The summed E-state index contributed by atoms with van der Waals surface area (Å²) in [5.74, 6) is 0.0870. The predicted octanol–water partition coefficient (Wildman–Crippen LogP) is 4.64. The number of nitrogens with zero attached hydrogens (tertiary/aromatic N) is 3. The van der Waals surface area contributed by atoms with Crippen LogP contribution < -0.4 is 0 Å². The van der Waals surface area contributed by atoms with Crippen LogP contribution in [0.4, 0.5) is 0 Å². The fourth-order valence-electron chi connectivity index (χ4n) is 3.38. The smallest absolute Gasteiger partial charge is 0.256 e. The molecule has 144 valence electrons. The fourth-order valence-corrected chi connectivity index (χ4v) is 4.93. The third kappa shape index (κ3) is 4.82. The van der Waals surface area contributed by atoms with Gasteiger partial charge in [-0.25, -0.2) is 4.98 Å². The van der Waals surface area contributed by atoms with Gasteiger partial charge in [0, 0.05) is 43.8 Å². The van der Waals surface area contributed by atoms with Crippen LogP contribution in [0.2, 0.25) is 0 Å². The molecule has 1 fully saturated rings. The molecule has 0 unspecified atom stereocenters. The van der Waals surface area contributed by atoms with Crippen molar-refractivity contribution >= 4 is 29.0 Å². The number of carbonyl (C=O) groups excluding carboxylic acids is 1. The molecule has 4 rings (SSSR count). The van der Waals surface area contributed by atoms with E-state index in [2.05, 4.69) is 26.7 Å². The molecule has 1 aromatic carbocycles. The molecule has 0 radical (unpaired) electrons. The van der Waals surface area contributed by atoms with Crippen molar-refractivity contribution < 1.29 is 4.79 Å². The Kier molecular flexibility index (Phi) is 6.41. The van der Waals surface area contributed by atoms with Gasteiger partial charge in [0.05, 0.1) is 5.56 Å². The van der Waals surface area contributed by atoms with Crippen LogP contribution in [0.25, 0.3) is 0 Å². The van der Waals surface area contributed by atoms with E-state index in [-0.39, 0.29) is 5.91 Å². The van der Waals surface area contributed by atoms with Crippen molar-refractivity contribution in [2.24, 2.45) is 0 Å². The number of pyridine rings is 1. The number of benzene rings is 1. The normalized spacial score (nSPS) is 15.4. The van der Waals surface area contributed by atoms with Crippen molar-refractivity contribution in [2.75, 3.05) is 26.2 Å². The third-order valence-electron chi connectivity index (χ3n) is 4.82. The maximum atomic E-state index is 13.2. The van der Waals surface area contributed by atoms with E-state index in [1.165, 1.54) is 5.56 Å². The number of rotatable bonds is 5. The van der Waals surface area contributed by atoms with E-state index in [9.17, 15) is 4.79 Å². The molecule has 6 heteroatoms. The Bertz CT molecular complexity index is 899. The van der Waals surface area contributed by atoms with Gasteiger partial charge in [-0.3, -0.25) is 9.69 Å². The average molecular weight is 410 g/mol. The molecular weight excluding hydrogens is 386 g/mol. The highest BCUT2D eigenvalue weighted by molar-refractivity contribution is 7.99. The molecule has 0 bridgehead atoms. The Morgan fingerprint density at radius 3 is 2.75 bits per heavy atom. The molecular formula is C22H23N3OS2. The zero-order chi connectivity index (χ0) is 19.2. The zero-order valence-corrected chi connectivity index (χ0v) is 17.3. The van der Waals surface area contributed by atoms with E-state index >= 15 is 0 Å². The number of carbonyl (C=O) groups is 1. The van der Waals surface area contributed by atoms with E-state index < -0.39 is 0 Å². The minimum atomic E-state index is 0.0870. The van der Waals surface area contributed by atoms with Crippen molar-refractivity contribution in [3.8, 4) is 0 Å². The van der Waals surface area contributed by atoms with Crippen molar-refractivity contribution in [3.63, 3.8) is 0 Å². The van der Waals surface area contributed by atoms with Crippen molar-refractivity contribution in [3.05, 3.63) is 76.6 Å². The van der Waals surface area contributed by atoms with E-state index in [1.807, 2.05) is 47.4 Å². The molecule has 0 atom stereocenters. The van der Waals surface area contributed by atoms with Crippen LogP contribution in [0.1, 0.15) is 22.3 Å². The second kappa shape index (κ2) is 9.37. The van der Waals surface area contributed by atoms with Crippen molar-refractivity contribution in [2.45, 2.75) is 22.9 Å². The first-order valence-electron chi connectivity index (χ1n) is 9.50. The van der Waals surface area contributed by atoms with Gasteiger partial charge in [-0.1, -0.05) is 30.0 Å². The van der Waals surface area contributed by atoms with Gasteiger partial charge in [0.15, 0.2) is 0 Å². The number of aromatic nitrogens is 1. The summed E-state index contributed by atoms with van der Waals surface area (Å²) in [6.07, 6.45) is 2.75. The van der Waals surface area contributed by atoms with Gasteiger partial charge in [-0.2, -0.15) is 11.3 Å². The van der Waals surface area contributed by atoms with Crippen molar-refractivity contribution in [1.82, 2.24) is 14.8 Å². The molecule has 0 N–H and O–H groups in total. The largest absolute Gasteiger partial charge is 0.337 e. The minimum absolute atomic E-state index is 0.0870. The third-order valence-corrected chi connectivity index (χ3v) is 6.58. The summed E-state index contributed by atoms with van der Waals surface area (Å²) in [6, 6.07) is 16.0. The molecule has 3 aromatic rings. The monoisotopic (exact) mass is 409 g/mol. The van der Waals surface area contributed by atoms with Gasteiger partial charge >= 0.3 is 0 Å². The van der Waals surface area contributed by atoms with Gasteiger partial charge in [-0.05, 0) is 53.1 Å². The van der Waals surface area contributed by atoms with Crippen molar-refractivity contribution in [1.29, 1.82) is 0 Å². The number of thiophene rings is 1. The molecule has 4 nitrogen and oxygen atoms in total. The first-order valence-corrected chi connectivity index (χ1v) is 11.3. The molecule has 1 aliphatic rings. The number of amides is 1. The Balaban J connectivity index is 1.44. The van der Waals surface area contributed by atoms with Gasteiger partial charge < -0.3 is 4.90 Å². The van der Waals surface area contributed by atoms with Crippen LogP contribution in [0.3, 0.4) is 0 Å². The molecule has 0 saturated carbocycles. The summed E-state index contributed by atoms with van der Waals surface area (Å²) < 4.78 is 0. The summed E-state index contributed by atoms with van der Waals surface area (Å²) in [4.78, 5) is 23.2. The molecule has 0 spiro atoms. The lowest BCUT2D eigenvalue weighted by molar-refractivity contribution is 0.0757. The first kappa shape index (κ1) is 19.2. The Morgan fingerprint density at radius 2 is 1.93 bits per heavy atom. The topological polar surface area (TPSA) is 36.4 Å². The number of hydrogen-bond acceptors (Lipinski definition) is 5. The van der Waals surface area contributed by atoms with Crippen LogP contribution in [-0.2, 0) is 6.54 Å². The summed E-state index contributed by atoms with van der Waals surface area (Å²) in [6.45, 7) is 4.45. The quantitative estimate of drug-likeness (QED) is 0.615. The highest BCUT2D eigenvalue weighted by Gasteiger charge is 2.23. The highest BCUT2D eigenvalue weighted by Crippen LogP contribution is 2.29. The van der Waals surface area contributed by atoms with Crippen LogP contribution in [0, 0.1) is 0 Å². The molecule has 1 amide bonds. The van der Waals surface area contributed by atoms with Gasteiger partial charge in [-0.15, -0.1) is 0 Å². The van der Waals surface area contributed by atoms with E-state index in [0.29, 0.717) is 5.56 Å². The Labute approximate surface area is 174 Å². The maximum absolute atomic E-state index is 13.2. The molecule has 3 heterocycles. The lowest BCUT2D eigenvalue weighted by Gasteiger charge is -2.22. The average Bonchev–Trinajstić information content (AvgIpc) is 3.13. The maximum Gasteiger partial charge on any atom is 0.256 e. The van der Waals surface area contributed by atoms with E-state index in [0.717, 1.165) is 49.1 Å². The van der Waals surface area contributed by atoms with Gasteiger partial charge in [0.2, 0.25) is 0 Å². The predicted molar refractivity (Wildman–Crippen MR) is 115 cm³/mol.